The molecule has 0 fully saturated rings. The molecule has 1 aromatic carbocycles. The maximum Gasteiger partial charge on any atom is 0.338 e. The van der Waals surface area contributed by atoms with Gasteiger partial charge in [0.15, 0.2) is 12.4 Å². The lowest BCUT2D eigenvalue weighted by Crippen LogP contribution is -2.31. The predicted octanol–water partition coefficient (Wildman–Crippen LogP) is 2.79. The Morgan fingerprint density at radius 2 is 2.04 bits per heavy atom. The summed E-state index contributed by atoms with van der Waals surface area (Å²) >= 11 is 1.55. The summed E-state index contributed by atoms with van der Waals surface area (Å²) in [6.45, 7) is 2.06. The second-order valence-electron chi connectivity index (χ2n) is 5.50. The van der Waals surface area contributed by atoms with E-state index in [1.165, 1.54) is 24.1 Å². The largest absolute Gasteiger partial charge is 0.477 e. The van der Waals surface area contributed by atoms with Crippen molar-refractivity contribution in [3.05, 3.63) is 55.8 Å². The first-order valence-electron chi connectivity index (χ1n) is 7.60. The molecule has 1 heterocycles. The number of methoxy groups -OCH3 is 1. The third-order valence-corrected chi connectivity index (χ3v) is 4.71. The van der Waals surface area contributed by atoms with Gasteiger partial charge in [-0.25, -0.2) is 4.79 Å². The number of carbonyl (C=O) groups excluding carboxylic acids is 2. The van der Waals surface area contributed by atoms with Gasteiger partial charge < -0.3 is 14.4 Å². The van der Waals surface area contributed by atoms with Crippen LogP contribution in [0.15, 0.2) is 29.6 Å². The fourth-order valence-electron chi connectivity index (χ4n) is 2.15. The van der Waals surface area contributed by atoms with E-state index in [4.69, 9.17) is 4.74 Å². The normalized spacial score (nSPS) is 10.3. The highest BCUT2D eigenvalue weighted by atomic mass is 32.1. The zero-order valence-electron chi connectivity index (χ0n) is 14.6. The number of rotatable bonds is 7. The summed E-state index contributed by atoms with van der Waals surface area (Å²) < 4.78 is 9.86. The second-order valence-corrected chi connectivity index (χ2v) is 6.50. The minimum Gasteiger partial charge on any atom is -0.477 e. The highest BCUT2D eigenvalue weighted by Crippen LogP contribution is 2.28. The molecule has 0 saturated heterocycles. The number of thiophene rings is 1. The highest BCUT2D eigenvalue weighted by Gasteiger charge is 2.21. The Morgan fingerprint density at radius 1 is 1.31 bits per heavy atom. The molecule has 2 aromatic rings. The Morgan fingerprint density at radius 3 is 2.62 bits per heavy atom. The van der Waals surface area contributed by atoms with Gasteiger partial charge in [0.05, 0.1) is 24.1 Å². The van der Waals surface area contributed by atoms with Gasteiger partial charge in [-0.3, -0.25) is 14.9 Å². The monoisotopic (exact) mass is 378 g/mol. The molecule has 8 nitrogen and oxygen atoms in total. The molecule has 0 aliphatic heterocycles. The number of hydrogen-bond donors (Lipinski definition) is 0. The SMILES string of the molecule is COC(=O)c1ccc(OCC(=O)N(C)Cc2sccc2C)c([N+](=O)[O-])c1. The lowest BCUT2D eigenvalue weighted by Gasteiger charge is -2.17. The van der Waals surface area contributed by atoms with E-state index in [1.807, 2.05) is 18.4 Å². The Labute approximate surface area is 154 Å². The van der Waals surface area contributed by atoms with Crippen LogP contribution in [0.1, 0.15) is 20.8 Å². The molecule has 0 atom stereocenters. The molecule has 0 spiro atoms. The molecule has 0 saturated carbocycles. The van der Waals surface area contributed by atoms with E-state index in [2.05, 4.69) is 4.74 Å². The summed E-state index contributed by atoms with van der Waals surface area (Å²) in [7, 11) is 2.82. The van der Waals surface area contributed by atoms with Crippen LogP contribution in [0.3, 0.4) is 0 Å². The molecule has 0 radical (unpaired) electrons. The molecule has 1 amide bonds. The van der Waals surface area contributed by atoms with E-state index in [0.717, 1.165) is 16.5 Å². The van der Waals surface area contributed by atoms with E-state index in [9.17, 15) is 19.7 Å². The first-order valence-corrected chi connectivity index (χ1v) is 8.48. The van der Waals surface area contributed by atoms with Crippen LogP contribution in [0.25, 0.3) is 0 Å². The van der Waals surface area contributed by atoms with Crippen LogP contribution >= 0.6 is 11.3 Å². The average Bonchev–Trinajstić information content (AvgIpc) is 3.03. The summed E-state index contributed by atoms with van der Waals surface area (Å²) in [4.78, 5) is 36.8. The highest BCUT2D eigenvalue weighted by molar-refractivity contribution is 7.10. The number of hydrogen-bond acceptors (Lipinski definition) is 7. The van der Waals surface area contributed by atoms with Gasteiger partial charge in [0, 0.05) is 18.0 Å². The van der Waals surface area contributed by atoms with Crippen LogP contribution in [0, 0.1) is 17.0 Å². The number of nitro groups is 1. The number of likely N-dealkylation sites (N-methyl/N-ethyl adjacent to an activating group) is 1. The van der Waals surface area contributed by atoms with Crippen molar-refractivity contribution in [1.82, 2.24) is 4.90 Å². The van der Waals surface area contributed by atoms with Crippen molar-refractivity contribution < 1.29 is 24.0 Å². The van der Waals surface area contributed by atoms with Gasteiger partial charge >= 0.3 is 11.7 Å². The first kappa shape index (κ1) is 19.4. The zero-order chi connectivity index (χ0) is 19.3. The fraction of sp³-hybridized carbons (Fsp3) is 0.294. The van der Waals surface area contributed by atoms with Crippen LogP contribution < -0.4 is 4.74 Å². The van der Waals surface area contributed by atoms with Crippen LogP contribution in [0.5, 0.6) is 5.75 Å². The smallest absolute Gasteiger partial charge is 0.338 e. The van der Waals surface area contributed by atoms with Gasteiger partial charge in [-0.15, -0.1) is 11.3 Å². The van der Waals surface area contributed by atoms with Crippen molar-refractivity contribution in [2.24, 2.45) is 0 Å². The fourth-order valence-corrected chi connectivity index (χ4v) is 3.10. The molecule has 0 bridgehead atoms. The summed E-state index contributed by atoms with van der Waals surface area (Å²) in [5.41, 5.74) is 0.727. The third kappa shape index (κ3) is 4.57. The molecule has 0 aliphatic rings. The van der Waals surface area contributed by atoms with Crippen molar-refractivity contribution in [2.45, 2.75) is 13.5 Å². The second kappa shape index (κ2) is 8.43. The molecular weight excluding hydrogens is 360 g/mol. The lowest BCUT2D eigenvalue weighted by atomic mass is 10.2. The molecule has 138 valence electrons. The van der Waals surface area contributed by atoms with Gasteiger partial charge in [0.25, 0.3) is 5.91 Å². The van der Waals surface area contributed by atoms with Crippen LogP contribution in [-0.4, -0.2) is 42.5 Å². The van der Waals surface area contributed by atoms with Crippen molar-refractivity contribution in [3.8, 4) is 5.75 Å². The first-order chi connectivity index (χ1) is 12.3. The van der Waals surface area contributed by atoms with E-state index in [0.29, 0.717) is 6.54 Å². The molecule has 2 rings (SSSR count). The average molecular weight is 378 g/mol. The van der Waals surface area contributed by atoms with Crippen molar-refractivity contribution in [2.75, 3.05) is 20.8 Å². The van der Waals surface area contributed by atoms with Gasteiger partial charge in [-0.05, 0) is 36.1 Å². The molecule has 26 heavy (non-hydrogen) atoms. The number of aryl methyl sites for hydroxylation is 1. The van der Waals surface area contributed by atoms with Crippen LogP contribution in [0.4, 0.5) is 5.69 Å². The van der Waals surface area contributed by atoms with E-state index < -0.39 is 16.6 Å². The third-order valence-electron chi connectivity index (χ3n) is 3.70. The number of carbonyl (C=O) groups is 2. The van der Waals surface area contributed by atoms with E-state index in [1.54, 1.807) is 18.4 Å². The minimum atomic E-state index is -0.693. The topological polar surface area (TPSA) is 99.0 Å². The van der Waals surface area contributed by atoms with E-state index in [-0.39, 0.29) is 23.8 Å². The number of benzene rings is 1. The Kier molecular flexibility index (Phi) is 6.29. The molecular formula is C17H18N2O6S. The number of nitrogens with zero attached hydrogens (tertiary/aromatic N) is 2. The summed E-state index contributed by atoms with van der Waals surface area (Å²) in [5.74, 6) is -1.09. The Balaban J connectivity index is 2.06. The number of ether oxygens (including phenoxy) is 2. The Hall–Kier alpha value is -2.94. The van der Waals surface area contributed by atoms with Gasteiger partial charge in [-0.2, -0.15) is 0 Å². The number of nitro benzene ring substituents is 1. The van der Waals surface area contributed by atoms with Crippen LogP contribution in [0.2, 0.25) is 0 Å². The summed E-state index contributed by atoms with van der Waals surface area (Å²) in [5, 5.41) is 13.1. The van der Waals surface area contributed by atoms with Crippen molar-refractivity contribution in [3.63, 3.8) is 0 Å². The molecule has 9 heteroatoms. The van der Waals surface area contributed by atoms with Crippen molar-refractivity contribution in [1.29, 1.82) is 0 Å². The predicted molar refractivity (Wildman–Crippen MR) is 95.5 cm³/mol. The molecule has 0 unspecified atom stereocenters. The van der Waals surface area contributed by atoms with Crippen molar-refractivity contribution >= 4 is 28.9 Å². The lowest BCUT2D eigenvalue weighted by molar-refractivity contribution is -0.385. The Bertz CT molecular complexity index is 832. The number of esters is 1. The zero-order valence-corrected chi connectivity index (χ0v) is 15.4. The van der Waals surface area contributed by atoms with Crippen LogP contribution in [-0.2, 0) is 16.1 Å². The molecule has 1 aromatic heterocycles. The van der Waals surface area contributed by atoms with Gasteiger partial charge in [0.2, 0.25) is 0 Å². The number of amides is 1. The van der Waals surface area contributed by atoms with E-state index >= 15 is 0 Å². The summed E-state index contributed by atoms with van der Waals surface area (Å²) in [6, 6.07) is 5.66. The minimum absolute atomic E-state index is 0.0307. The maximum atomic E-state index is 12.2. The quantitative estimate of drug-likeness (QED) is 0.417. The van der Waals surface area contributed by atoms with Gasteiger partial charge in [0.1, 0.15) is 0 Å². The standard InChI is InChI=1S/C17H18N2O6S/c1-11-6-7-26-15(11)9-18(2)16(20)10-25-14-5-4-12(17(21)24-3)8-13(14)19(22)23/h4-8H,9-10H2,1-3H3. The molecule has 0 N–H and O–H groups in total. The van der Waals surface area contributed by atoms with Gasteiger partial charge in [-0.1, -0.05) is 0 Å². The summed E-state index contributed by atoms with van der Waals surface area (Å²) in [6.07, 6.45) is 0. The maximum absolute atomic E-state index is 12.2. The molecule has 0 aliphatic carbocycles.